The summed E-state index contributed by atoms with van der Waals surface area (Å²) in [4.78, 5) is 33.1. The second-order valence-corrected chi connectivity index (χ2v) is 3.05. The van der Waals surface area contributed by atoms with Crippen LogP contribution >= 0.6 is 0 Å². The van der Waals surface area contributed by atoms with E-state index in [4.69, 9.17) is 0 Å². The van der Waals surface area contributed by atoms with Gasteiger partial charge in [-0.1, -0.05) is 13.5 Å². The maximum atomic E-state index is 11.2. The molecule has 0 fully saturated rings. The van der Waals surface area contributed by atoms with Gasteiger partial charge in [0.1, 0.15) is 6.61 Å². The van der Waals surface area contributed by atoms with Crippen molar-refractivity contribution in [1.29, 1.82) is 0 Å². The zero-order chi connectivity index (χ0) is 12.6. The van der Waals surface area contributed by atoms with Crippen molar-refractivity contribution in [2.75, 3.05) is 13.2 Å². The number of hydrogen-bond acceptors (Lipinski definition) is 5. The van der Waals surface area contributed by atoms with Crippen molar-refractivity contribution in [3.63, 3.8) is 0 Å². The molecule has 0 aromatic rings. The van der Waals surface area contributed by atoms with E-state index in [0.717, 1.165) is 0 Å². The first-order chi connectivity index (χ1) is 7.51. The third-order valence-electron chi connectivity index (χ3n) is 1.71. The molecular weight excluding hydrogens is 212 g/mol. The summed E-state index contributed by atoms with van der Waals surface area (Å²) in [6.07, 6.45) is 0.0879. The van der Waals surface area contributed by atoms with Gasteiger partial charge in [-0.05, 0) is 6.92 Å². The number of rotatable bonds is 7. The van der Waals surface area contributed by atoms with Gasteiger partial charge in [0.2, 0.25) is 0 Å². The van der Waals surface area contributed by atoms with Gasteiger partial charge in [0, 0.05) is 12.0 Å². The molecule has 0 unspecified atom stereocenters. The minimum Gasteiger partial charge on any atom is -0.466 e. The van der Waals surface area contributed by atoms with E-state index in [1.807, 2.05) is 0 Å². The van der Waals surface area contributed by atoms with Gasteiger partial charge in [-0.3, -0.25) is 9.59 Å². The normalized spacial score (nSPS) is 9.38. The molecule has 0 saturated heterocycles. The number of ketones is 1. The molecule has 0 aliphatic heterocycles. The molecule has 0 aliphatic rings. The lowest BCUT2D eigenvalue weighted by molar-refractivity contribution is -0.147. The van der Waals surface area contributed by atoms with E-state index in [0.29, 0.717) is 6.42 Å². The largest absolute Gasteiger partial charge is 0.466 e. The van der Waals surface area contributed by atoms with Gasteiger partial charge in [0.05, 0.1) is 13.0 Å². The summed E-state index contributed by atoms with van der Waals surface area (Å²) in [7, 11) is 0. The monoisotopic (exact) mass is 228 g/mol. The molecule has 90 valence electrons. The SMILES string of the molecule is C=C(CC(=O)OCC)C(=O)OCC(=O)CC. The van der Waals surface area contributed by atoms with Gasteiger partial charge in [-0.15, -0.1) is 0 Å². The van der Waals surface area contributed by atoms with Crippen molar-refractivity contribution in [2.45, 2.75) is 26.7 Å². The number of esters is 2. The van der Waals surface area contributed by atoms with Crippen molar-refractivity contribution in [1.82, 2.24) is 0 Å². The maximum absolute atomic E-state index is 11.2. The highest BCUT2D eigenvalue weighted by Gasteiger charge is 2.14. The van der Waals surface area contributed by atoms with E-state index < -0.39 is 11.9 Å². The molecule has 0 amide bonds. The average Bonchev–Trinajstić information content (AvgIpc) is 2.25. The molecule has 0 spiro atoms. The Kier molecular flexibility index (Phi) is 6.83. The molecule has 5 heteroatoms. The molecule has 5 nitrogen and oxygen atoms in total. The molecule has 0 aromatic heterocycles. The van der Waals surface area contributed by atoms with Crippen molar-refractivity contribution in [2.24, 2.45) is 0 Å². The van der Waals surface area contributed by atoms with Crippen LogP contribution in [0.3, 0.4) is 0 Å². The summed E-state index contributed by atoms with van der Waals surface area (Å²) in [5, 5.41) is 0. The fourth-order valence-electron chi connectivity index (χ4n) is 0.809. The van der Waals surface area contributed by atoms with Crippen LogP contribution in [0.15, 0.2) is 12.2 Å². The van der Waals surface area contributed by atoms with Crippen LogP contribution in [0, 0.1) is 0 Å². The van der Waals surface area contributed by atoms with E-state index in [1.165, 1.54) is 0 Å². The lowest BCUT2D eigenvalue weighted by atomic mass is 10.2. The Labute approximate surface area is 94.4 Å². The first-order valence-corrected chi connectivity index (χ1v) is 5.03. The number of carbonyl (C=O) groups excluding carboxylic acids is 3. The van der Waals surface area contributed by atoms with Gasteiger partial charge in [0.25, 0.3) is 0 Å². The number of carbonyl (C=O) groups is 3. The summed E-state index contributed by atoms with van der Waals surface area (Å²) in [6.45, 7) is 6.69. The predicted molar refractivity (Wildman–Crippen MR) is 56.6 cm³/mol. The fourth-order valence-corrected chi connectivity index (χ4v) is 0.809. The summed E-state index contributed by atoms with van der Waals surface area (Å²) >= 11 is 0. The molecule has 0 saturated carbocycles. The molecule has 16 heavy (non-hydrogen) atoms. The number of hydrogen-bond donors (Lipinski definition) is 0. The highest BCUT2D eigenvalue weighted by Crippen LogP contribution is 2.03. The van der Waals surface area contributed by atoms with Crippen LogP contribution in [0.1, 0.15) is 26.7 Å². The van der Waals surface area contributed by atoms with E-state index in [1.54, 1.807) is 13.8 Å². The smallest absolute Gasteiger partial charge is 0.334 e. The van der Waals surface area contributed by atoms with Crippen LogP contribution in [0.2, 0.25) is 0 Å². The molecular formula is C11H16O5. The Bertz CT molecular complexity index is 293. The average molecular weight is 228 g/mol. The Morgan fingerprint density at radius 1 is 1.12 bits per heavy atom. The van der Waals surface area contributed by atoms with Crippen molar-refractivity contribution in [3.8, 4) is 0 Å². The van der Waals surface area contributed by atoms with E-state index in [9.17, 15) is 14.4 Å². The fraction of sp³-hybridized carbons (Fsp3) is 0.545. The van der Waals surface area contributed by atoms with E-state index in [2.05, 4.69) is 16.1 Å². The molecule has 0 atom stereocenters. The maximum Gasteiger partial charge on any atom is 0.334 e. The first kappa shape index (κ1) is 14.3. The molecule has 0 rings (SSSR count). The molecule has 0 aliphatic carbocycles. The number of ether oxygens (including phenoxy) is 2. The van der Waals surface area contributed by atoms with Crippen LogP contribution < -0.4 is 0 Å². The topological polar surface area (TPSA) is 69.7 Å². The summed E-state index contributed by atoms with van der Waals surface area (Å²) in [5.74, 6) is -1.46. The minimum absolute atomic E-state index is 0.0117. The van der Waals surface area contributed by atoms with Crippen LogP contribution in [0.4, 0.5) is 0 Å². The van der Waals surface area contributed by atoms with Crippen LogP contribution in [-0.4, -0.2) is 30.9 Å². The third kappa shape index (κ3) is 5.95. The van der Waals surface area contributed by atoms with Gasteiger partial charge < -0.3 is 9.47 Å². The van der Waals surface area contributed by atoms with Crippen LogP contribution in [0.5, 0.6) is 0 Å². The quantitative estimate of drug-likeness (QED) is 0.480. The van der Waals surface area contributed by atoms with E-state index >= 15 is 0 Å². The van der Waals surface area contributed by atoms with Crippen molar-refractivity contribution >= 4 is 17.7 Å². The summed E-state index contributed by atoms with van der Waals surface area (Å²) < 4.78 is 9.27. The third-order valence-corrected chi connectivity index (χ3v) is 1.71. The minimum atomic E-state index is -0.741. The van der Waals surface area contributed by atoms with Crippen LogP contribution in [0.25, 0.3) is 0 Å². The highest BCUT2D eigenvalue weighted by molar-refractivity contribution is 5.94. The zero-order valence-electron chi connectivity index (χ0n) is 9.58. The zero-order valence-corrected chi connectivity index (χ0v) is 9.58. The Balaban J connectivity index is 3.95. The van der Waals surface area contributed by atoms with Crippen molar-refractivity contribution in [3.05, 3.63) is 12.2 Å². The Morgan fingerprint density at radius 3 is 2.25 bits per heavy atom. The van der Waals surface area contributed by atoms with Gasteiger partial charge in [0.15, 0.2) is 5.78 Å². The second-order valence-electron chi connectivity index (χ2n) is 3.05. The highest BCUT2D eigenvalue weighted by atomic mass is 16.5. The lowest BCUT2D eigenvalue weighted by Crippen LogP contribution is -2.16. The summed E-state index contributed by atoms with van der Waals surface area (Å²) in [6, 6.07) is 0. The first-order valence-electron chi connectivity index (χ1n) is 5.03. The molecule has 0 radical (unpaired) electrons. The summed E-state index contributed by atoms with van der Waals surface area (Å²) in [5.41, 5.74) is -0.0117. The standard InChI is InChI=1S/C11H16O5/c1-4-9(12)7-16-11(14)8(3)6-10(13)15-5-2/h3-7H2,1-2H3. The molecule has 0 aromatic carbocycles. The number of Topliss-reactive ketones (excluding diaryl/α,β-unsaturated/α-hetero) is 1. The Morgan fingerprint density at radius 2 is 1.75 bits per heavy atom. The molecule has 0 N–H and O–H groups in total. The second kappa shape index (κ2) is 7.62. The molecule has 0 heterocycles. The predicted octanol–water partition coefficient (Wildman–Crippen LogP) is 1.02. The van der Waals surface area contributed by atoms with Gasteiger partial charge >= 0.3 is 11.9 Å². The van der Waals surface area contributed by atoms with Gasteiger partial charge in [-0.25, -0.2) is 4.79 Å². The van der Waals surface area contributed by atoms with E-state index in [-0.39, 0.29) is 31.0 Å². The van der Waals surface area contributed by atoms with Gasteiger partial charge in [-0.2, -0.15) is 0 Å². The Hall–Kier alpha value is -1.65. The van der Waals surface area contributed by atoms with Crippen LogP contribution in [-0.2, 0) is 23.9 Å². The lowest BCUT2D eigenvalue weighted by Gasteiger charge is -2.05. The van der Waals surface area contributed by atoms with Crippen molar-refractivity contribution < 1.29 is 23.9 Å². The molecule has 0 bridgehead atoms.